The fourth-order valence-corrected chi connectivity index (χ4v) is 3.26. The lowest BCUT2D eigenvalue weighted by molar-refractivity contribution is -0.0511. The van der Waals surface area contributed by atoms with Gasteiger partial charge in [-0.1, -0.05) is 0 Å². The van der Waals surface area contributed by atoms with Gasteiger partial charge in [0.05, 0.1) is 19.3 Å². The number of nitrogens with zero attached hydrogens (tertiary/aromatic N) is 8. The molecule has 5 rings (SSSR count). The van der Waals surface area contributed by atoms with E-state index in [-0.39, 0.29) is 5.82 Å². The van der Waals surface area contributed by atoms with Gasteiger partial charge in [-0.2, -0.15) is 0 Å². The number of aliphatic hydroxyl groups is 3. The predicted molar refractivity (Wildman–Crippen MR) is 109 cm³/mol. The standard InChI is InChI=1S/C10H13N5O4.C7H9N5/c11-8-5-9(13-2-12-8)15(3-14-5)10-7(18)6(17)4(1-16)19-10;1-12(2)7-5-6(9-3-8-5)10-4-11-7/h2-4,6-7,10,16-18H,1H2,(H2,11,12,13);3-4H,1-2H3,(H,8,9,10,11)/t4-,6-,7+,10-;/m1./s1. The molecule has 1 saturated heterocycles. The van der Waals surface area contributed by atoms with E-state index in [9.17, 15) is 10.2 Å². The summed E-state index contributed by atoms with van der Waals surface area (Å²) in [6.07, 6.45) is 1.71. The summed E-state index contributed by atoms with van der Waals surface area (Å²) in [5.41, 5.74) is 8.02. The first-order chi connectivity index (χ1) is 14.9. The highest BCUT2D eigenvalue weighted by molar-refractivity contribution is 5.82. The molecule has 4 aromatic heterocycles. The summed E-state index contributed by atoms with van der Waals surface area (Å²) in [6.45, 7) is -0.390. The Kier molecular flexibility index (Phi) is 5.60. The van der Waals surface area contributed by atoms with Gasteiger partial charge in [0, 0.05) is 14.1 Å². The number of H-pyrrole nitrogens is 1. The third-order valence-electron chi connectivity index (χ3n) is 4.80. The fraction of sp³-hybridized carbons (Fsp3) is 0.412. The van der Waals surface area contributed by atoms with Gasteiger partial charge < -0.3 is 35.7 Å². The third kappa shape index (κ3) is 3.72. The Labute approximate surface area is 175 Å². The molecule has 5 heterocycles. The van der Waals surface area contributed by atoms with Crippen molar-refractivity contribution in [2.45, 2.75) is 24.5 Å². The highest BCUT2D eigenvalue weighted by atomic mass is 16.6. The second-order valence-corrected chi connectivity index (χ2v) is 7.00. The highest BCUT2D eigenvalue weighted by Gasteiger charge is 2.43. The molecule has 1 aliphatic rings. The molecule has 0 bridgehead atoms. The molecule has 0 aliphatic carbocycles. The number of nitrogen functional groups attached to an aromatic ring is 1. The Bertz CT molecular complexity index is 1180. The summed E-state index contributed by atoms with van der Waals surface area (Å²) >= 11 is 0. The number of nitrogens with one attached hydrogen (secondary N) is 1. The van der Waals surface area contributed by atoms with Crippen LogP contribution in [0.4, 0.5) is 11.6 Å². The lowest BCUT2D eigenvalue weighted by atomic mass is 10.1. The molecule has 0 unspecified atom stereocenters. The van der Waals surface area contributed by atoms with Gasteiger partial charge in [0.1, 0.15) is 42.0 Å². The molecular formula is C17H22N10O4. The van der Waals surface area contributed by atoms with Crippen molar-refractivity contribution in [1.82, 2.24) is 39.5 Å². The molecule has 164 valence electrons. The molecule has 0 saturated carbocycles. The van der Waals surface area contributed by atoms with Crippen LogP contribution in [0.2, 0.25) is 0 Å². The van der Waals surface area contributed by atoms with Crippen LogP contribution in [0.1, 0.15) is 6.23 Å². The molecule has 4 atom stereocenters. The van der Waals surface area contributed by atoms with Crippen molar-refractivity contribution in [2.24, 2.45) is 0 Å². The lowest BCUT2D eigenvalue weighted by Gasteiger charge is -2.16. The first-order valence-electron chi connectivity index (χ1n) is 9.29. The summed E-state index contributed by atoms with van der Waals surface area (Å²) in [5, 5.41) is 28.7. The monoisotopic (exact) mass is 430 g/mol. The first kappa shape index (κ1) is 20.8. The van der Waals surface area contributed by atoms with E-state index in [1.54, 1.807) is 6.33 Å². The van der Waals surface area contributed by atoms with Crippen molar-refractivity contribution in [3.8, 4) is 0 Å². The van der Waals surface area contributed by atoms with Crippen molar-refractivity contribution in [3.05, 3.63) is 25.3 Å². The number of hydrogen-bond acceptors (Lipinski definition) is 12. The van der Waals surface area contributed by atoms with Crippen LogP contribution in [-0.4, -0.2) is 93.8 Å². The Hall–Kier alpha value is -3.46. The number of aromatic amines is 1. The minimum atomic E-state index is -1.19. The Morgan fingerprint density at radius 1 is 1.10 bits per heavy atom. The molecule has 0 aromatic carbocycles. The normalized spacial score (nSPS) is 23.1. The minimum Gasteiger partial charge on any atom is -0.394 e. The maximum atomic E-state index is 9.95. The second-order valence-electron chi connectivity index (χ2n) is 7.00. The molecule has 0 amide bonds. The topological polar surface area (TPSA) is 197 Å². The number of aliphatic hydroxyl groups excluding tert-OH is 3. The van der Waals surface area contributed by atoms with Crippen molar-refractivity contribution in [1.29, 1.82) is 0 Å². The Morgan fingerprint density at radius 3 is 2.58 bits per heavy atom. The molecule has 4 aromatic rings. The van der Waals surface area contributed by atoms with E-state index in [4.69, 9.17) is 15.6 Å². The van der Waals surface area contributed by atoms with Gasteiger partial charge >= 0.3 is 0 Å². The van der Waals surface area contributed by atoms with E-state index in [2.05, 4.69) is 34.9 Å². The van der Waals surface area contributed by atoms with Crippen LogP contribution in [0.15, 0.2) is 25.3 Å². The van der Waals surface area contributed by atoms with Gasteiger partial charge in [-0.05, 0) is 0 Å². The summed E-state index contributed by atoms with van der Waals surface area (Å²) in [6, 6.07) is 0. The highest BCUT2D eigenvalue weighted by Crippen LogP contribution is 2.31. The zero-order chi connectivity index (χ0) is 22.1. The summed E-state index contributed by atoms with van der Waals surface area (Å²) in [7, 11) is 3.87. The van der Waals surface area contributed by atoms with Gasteiger partial charge in [-0.3, -0.25) is 4.57 Å². The number of nitrogens with two attached hydrogens (primary N) is 1. The van der Waals surface area contributed by atoms with Crippen molar-refractivity contribution in [3.63, 3.8) is 0 Å². The summed E-state index contributed by atoms with van der Waals surface area (Å²) < 4.78 is 6.85. The molecule has 31 heavy (non-hydrogen) atoms. The molecule has 14 heteroatoms. The zero-order valence-electron chi connectivity index (χ0n) is 16.7. The summed E-state index contributed by atoms with van der Waals surface area (Å²) in [5.74, 6) is 1.08. The smallest absolute Gasteiger partial charge is 0.182 e. The maximum absolute atomic E-state index is 9.95. The van der Waals surface area contributed by atoms with Crippen LogP contribution in [0.3, 0.4) is 0 Å². The molecule has 6 N–H and O–H groups in total. The van der Waals surface area contributed by atoms with Gasteiger partial charge in [-0.15, -0.1) is 0 Å². The Morgan fingerprint density at radius 2 is 1.87 bits per heavy atom. The van der Waals surface area contributed by atoms with E-state index in [1.165, 1.54) is 23.5 Å². The maximum Gasteiger partial charge on any atom is 0.182 e. The number of aromatic nitrogens is 8. The van der Waals surface area contributed by atoms with E-state index in [0.29, 0.717) is 16.8 Å². The van der Waals surface area contributed by atoms with Crippen molar-refractivity contribution in [2.75, 3.05) is 31.3 Å². The van der Waals surface area contributed by atoms with Gasteiger partial charge in [-0.25, -0.2) is 29.9 Å². The van der Waals surface area contributed by atoms with Crippen LogP contribution >= 0.6 is 0 Å². The molecule has 1 fully saturated rings. The molecule has 14 nitrogen and oxygen atoms in total. The van der Waals surface area contributed by atoms with E-state index < -0.39 is 31.1 Å². The van der Waals surface area contributed by atoms with Crippen molar-refractivity contribution < 1.29 is 20.1 Å². The average molecular weight is 430 g/mol. The Balaban J connectivity index is 0.000000166. The minimum absolute atomic E-state index is 0.218. The number of rotatable bonds is 3. The number of ether oxygens (including phenoxy) is 1. The summed E-state index contributed by atoms with van der Waals surface area (Å²) in [4.78, 5) is 29.0. The van der Waals surface area contributed by atoms with Crippen LogP contribution in [0.5, 0.6) is 0 Å². The lowest BCUT2D eigenvalue weighted by Crippen LogP contribution is -2.33. The van der Waals surface area contributed by atoms with E-state index in [0.717, 1.165) is 11.3 Å². The van der Waals surface area contributed by atoms with Crippen LogP contribution in [0, 0.1) is 0 Å². The average Bonchev–Trinajstić information content (AvgIpc) is 3.47. The SMILES string of the molecule is CN(C)c1ncnc2nc[nH]c12.Nc1ncnc2c1ncn2[C@@H]1O[C@H](CO)[C@@H](O)[C@@H]1O. The first-order valence-corrected chi connectivity index (χ1v) is 9.29. The number of fused-ring (bicyclic) bond motifs is 2. The van der Waals surface area contributed by atoms with Crippen LogP contribution < -0.4 is 10.6 Å². The molecular weight excluding hydrogens is 408 g/mol. The van der Waals surface area contributed by atoms with Crippen LogP contribution in [-0.2, 0) is 4.74 Å². The van der Waals surface area contributed by atoms with Crippen LogP contribution in [0.25, 0.3) is 22.3 Å². The van der Waals surface area contributed by atoms with Gasteiger partial charge in [0.15, 0.2) is 29.2 Å². The largest absolute Gasteiger partial charge is 0.394 e. The van der Waals surface area contributed by atoms with Gasteiger partial charge in [0.25, 0.3) is 0 Å². The van der Waals surface area contributed by atoms with E-state index >= 15 is 0 Å². The van der Waals surface area contributed by atoms with Gasteiger partial charge in [0.2, 0.25) is 0 Å². The predicted octanol–water partition coefficient (Wildman–Crippen LogP) is -1.56. The second kappa shape index (κ2) is 8.35. The number of hydrogen-bond donors (Lipinski definition) is 5. The molecule has 0 radical (unpaired) electrons. The van der Waals surface area contributed by atoms with E-state index in [1.807, 2.05) is 19.0 Å². The quantitative estimate of drug-likeness (QED) is 0.251. The number of anilines is 2. The van der Waals surface area contributed by atoms with Crippen molar-refractivity contribution >= 4 is 34.0 Å². The molecule has 0 spiro atoms. The number of imidazole rings is 2. The zero-order valence-corrected chi connectivity index (χ0v) is 16.7. The fourth-order valence-electron chi connectivity index (χ4n) is 3.26. The molecule has 1 aliphatic heterocycles. The third-order valence-corrected chi connectivity index (χ3v) is 4.80.